The Morgan fingerprint density at radius 3 is 2.76 bits per heavy atom. The summed E-state index contributed by atoms with van der Waals surface area (Å²) in [5, 5.41) is 6.57. The first kappa shape index (κ1) is 20.3. The molecule has 0 amide bonds. The van der Waals surface area contributed by atoms with Gasteiger partial charge in [0.25, 0.3) is 0 Å². The van der Waals surface area contributed by atoms with Crippen molar-refractivity contribution in [3.05, 3.63) is 36.2 Å². The Labute approximate surface area is 190 Å². The molecule has 2 atom stereocenters. The molecular weight excluding hydrogens is 424 g/mol. The molecule has 33 heavy (non-hydrogen) atoms. The lowest BCUT2D eigenvalue weighted by molar-refractivity contribution is -0.106. The predicted molar refractivity (Wildman–Crippen MR) is 123 cm³/mol. The third-order valence-corrected chi connectivity index (χ3v) is 6.46. The third kappa shape index (κ3) is 3.75. The van der Waals surface area contributed by atoms with Crippen molar-refractivity contribution in [2.45, 2.75) is 31.7 Å². The van der Waals surface area contributed by atoms with Gasteiger partial charge in [0.1, 0.15) is 23.8 Å². The van der Waals surface area contributed by atoms with Crippen molar-refractivity contribution in [2.75, 3.05) is 48.9 Å². The van der Waals surface area contributed by atoms with E-state index in [1.165, 1.54) is 10.9 Å². The van der Waals surface area contributed by atoms with Crippen molar-refractivity contribution in [3.8, 4) is 0 Å². The van der Waals surface area contributed by atoms with Crippen LogP contribution in [0.3, 0.4) is 0 Å². The number of morpholine rings is 1. The molecular formula is C23H26N6O4. The summed E-state index contributed by atoms with van der Waals surface area (Å²) in [5.74, 6) is 0.603. The quantitative estimate of drug-likeness (QED) is 0.610. The molecule has 1 aromatic carbocycles. The van der Waals surface area contributed by atoms with Crippen molar-refractivity contribution >= 4 is 40.1 Å². The summed E-state index contributed by atoms with van der Waals surface area (Å²) in [6, 6.07) is 8.24. The molecule has 0 spiro atoms. The molecule has 2 aromatic heterocycles. The van der Waals surface area contributed by atoms with E-state index in [1.807, 2.05) is 13.1 Å². The van der Waals surface area contributed by atoms with Crippen LogP contribution in [0.1, 0.15) is 18.4 Å². The number of nitrogens with zero attached hydrogens (tertiary/aromatic N) is 4. The summed E-state index contributed by atoms with van der Waals surface area (Å²) in [4.78, 5) is 24.3. The monoisotopic (exact) mass is 450 g/mol. The lowest BCUT2D eigenvalue weighted by Crippen LogP contribution is -2.43. The second kappa shape index (κ2) is 8.20. The van der Waals surface area contributed by atoms with Gasteiger partial charge in [-0.1, -0.05) is 0 Å². The highest BCUT2D eigenvalue weighted by Crippen LogP contribution is 2.32. The van der Waals surface area contributed by atoms with E-state index in [4.69, 9.17) is 19.2 Å². The molecule has 3 aromatic rings. The van der Waals surface area contributed by atoms with Gasteiger partial charge in [-0.25, -0.2) is 19.3 Å². The predicted octanol–water partition coefficient (Wildman–Crippen LogP) is 3.10. The third-order valence-electron chi connectivity index (χ3n) is 6.46. The number of ether oxygens (including phenoxy) is 3. The minimum Gasteiger partial charge on any atom is -0.443 e. The summed E-state index contributed by atoms with van der Waals surface area (Å²) in [5.41, 5.74) is 4.89. The fraction of sp³-hybridized carbons (Fsp3) is 0.435. The van der Waals surface area contributed by atoms with Crippen molar-refractivity contribution < 1.29 is 19.0 Å². The van der Waals surface area contributed by atoms with E-state index in [1.54, 1.807) is 0 Å². The Morgan fingerprint density at radius 2 is 1.97 bits per heavy atom. The second-order valence-corrected chi connectivity index (χ2v) is 8.55. The standard InChI is InChI=1S/C23H26N6O4/c1-24-17-11-20-26-15-8-14(9-16(10-15)28-4-6-31-7-5-28)12-32-18-2-3-19(18)33-23(30)29-13-25-21(17)22(29)27-20/h8-11,13,18-19H,2-7,12H2,1H3,(H2,24,26,27)/t18-,19-/m0/s1. The zero-order valence-electron chi connectivity index (χ0n) is 18.4. The Kier molecular flexibility index (Phi) is 5.03. The first-order chi connectivity index (χ1) is 16.2. The minimum atomic E-state index is -0.493. The number of carbonyl (C=O) groups excluding carboxylic acids is 1. The maximum absolute atomic E-state index is 12.9. The molecule has 1 saturated carbocycles. The molecule has 10 nitrogen and oxygen atoms in total. The maximum Gasteiger partial charge on any atom is 0.421 e. The zero-order valence-corrected chi connectivity index (χ0v) is 18.4. The molecule has 6 rings (SSSR count). The maximum atomic E-state index is 12.9. The number of carbonyl (C=O) groups is 1. The van der Waals surface area contributed by atoms with Crippen LogP contribution in [0, 0.1) is 0 Å². The summed E-state index contributed by atoms with van der Waals surface area (Å²) >= 11 is 0. The van der Waals surface area contributed by atoms with Crippen molar-refractivity contribution in [1.29, 1.82) is 0 Å². The number of hydrogen-bond donors (Lipinski definition) is 2. The average molecular weight is 450 g/mol. The molecule has 4 bridgehead atoms. The summed E-state index contributed by atoms with van der Waals surface area (Å²) in [6.07, 6.45) is 2.22. The van der Waals surface area contributed by atoms with Gasteiger partial charge >= 0.3 is 6.09 Å². The van der Waals surface area contributed by atoms with Crippen molar-refractivity contribution in [3.63, 3.8) is 0 Å². The van der Waals surface area contributed by atoms with E-state index in [0.717, 1.165) is 48.6 Å². The van der Waals surface area contributed by atoms with E-state index in [2.05, 4.69) is 38.7 Å². The molecule has 1 aliphatic carbocycles. The van der Waals surface area contributed by atoms with Crippen LogP contribution >= 0.6 is 0 Å². The molecule has 3 aliphatic rings. The molecule has 2 N–H and O–H groups in total. The number of pyridine rings is 1. The van der Waals surface area contributed by atoms with Crippen LogP contribution in [0.15, 0.2) is 30.6 Å². The first-order valence-electron chi connectivity index (χ1n) is 11.3. The lowest BCUT2D eigenvalue weighted by atomic mass is 9.92. The van der Waals surface area contributed by atoms with Crippen LogP contribution < -0.4 is 15.5 Å². The zero-order chi connectivity index (χ0) is 22.4. The Morgan fingerprint density at radius 1 is 1.12 bits per heavy atom. The number of nitrogens with one attached hydrogen (secondary N) is 2. The van der Waals surface area contributed by atoms with Crippen LogP contribution in [-0.2, 0) is 20.8 Å². The van der Waals surface area contributed by atoms with E-state index in [9.17, 15) is 4.79 Å². The highest BCUT2D eigenvalue weighted by Gasteiger charge is 2.36. The van der Waals surface area contributed by atoms with Gasteiger partial charge in [0.2, 0.25) is 0 Å². The highest BCUT2D eigenvalue weighted by molar-refractivity contribution is 5.93. The summed E-state index contributed by atoms with van der Waals surface area (Å²) < 4.78 is 18.8. The first-order valence-corrected chi connectivity index (χ1v) is 11.3. The van der Waals surface area contributed by atoms with Gasteiger partial charge in [0.15, 0.2) is 5.65 Å². The number of anilines is 4. The summed E-state index contributed by atoms with van der Waals surface area (Å²) in [6.45, 7) is 3.56. The Hall–Kier alpha value is -3.37. The summed E-state index contributed by atoms with van der Waals surface area (Å²) in [7, 11) is 1.82. The van der Waals surface area contributed by atoms with E-state index in [-0.39, 0.29) is 12.2 Å². The van der Waals surface area contributed by atoms with Gasteiger partial charge < -0.3 is 29.7 Å². The SMILES string of the molecule is CNc1cc2nc3c1ncn3C(=O)O[C@H]1CC[C@@H]1OCc1cc(cc(N3CCOCC3)c1)N2. The van der Waals surface area contributed by atoms with Crippen LogP contribution in [-0.4, -0.2) is 66.2 Å². The van der Waals surface area contributed by atoms with Crippen LogP contribution in [0.4, 0.5) is 27.7 Å². The number of benzene rings is 1. The van der Waals surface area contributed by atoms with E-state index < -0.39 is 6.09 Å². The van der Waals surface area contributed by atoms with Gasteiger partial charge in [-0.05, 0) is 36.6 Å². The topological polar surface area (TPSA) is 103 Å². The second-order valence-electron chi connectivity index (χ2n) is 8.55. The van der Waals surface area contributed by atoms with E-state index in [0.29, 0.717) is 36.8 Å². The number of imidazole rings is 1. The number of fused-ring (bicyclic) bond motifs is 4. The number of rotatable bonds is 2. The molecule has 0 unspecified atom stereocenters. The molecule has 4 heterocycles. The largest absolute Gasteiger partial charge is 0.443 e. The van der Waals surface area contributed by atoms with Gasteiger partial charge in [-0.15, -0.1) is 0 Å². The smallest absolute Gasteiger partial charge is 0.421 e. The van der Waals surface area contributed by atoms with Crippen LogP contribution in [0.25, 0.3) is 11.2 Å². The highest BCUT2D eigenvalue weighted by atomic mass is 16.6. The molecule has 0 radical (unpaired) electrons. The van der Waals surface area contributed by atoms with E-state index >= 15 is 0 Å². The average Bonchev–Trinajstić information content (AvgIpc) is 3.25. The van der Waals surface area contributed by atoms with Crippen LogP contribution in [0.2, 0.25) is 0 Å². The van der Waals surface area contributed by atoms with Crippen molar-refractivity contribution in [2.24, 2.45) is 0 Å². The molecule has 1 saturated heterocycles. The molecule has 2 aliphatic heterocycles. The molecule has 10 heteroatoms. The number of aromatic nitrogens is 3. The van der Waals surface area contributed by atoms with Gasteiger partial charge in [0, 0.05) is 37.6 Å². The van der Waals surface area contributed by atoms with Crippen molar-refractivity contribution in [1.82, 2.24) is 14.5 Å². The Balaban J connectivity index is 1.45. The fourth-order valence-electron chi connectivity index (χ4n) is 4.51. The normalized spacial score (nSPS) is 22.7. The minimum absolute atomic E-state index is 0.119. The molecule has 172 valence electrons. The molecule has 2 fully saturated rings. The lowest BCUT2D eigenvalue weighted by Gasteiger charge is -2.35. The van der Waals surface area contributed by atoms with Crippen LogP contribution in [0.5, 0.6) is 0 Å². The van der Waals surface area contributed by atoms with Gasteiger partial charge in [-0.2, -0.15) is 0 Å². The van der Waals surface area contributed by atoms with Gasteiger partial charge in [0.05, 0.1) is 31.6 Å². The fourth-order valence-corrected chi connectivity index (χ4v) is 4.51. The Bertz CT molecular complexity index is 1210. The number of hydrogen-bond acceptors (Lipinski definition) is 9. The van der Waals surface area contributed by atoms with Gasteiger partial charge in [-0.3, -0.25) is 0 Å².